The number of rotatable bonds is 1. The van der Waals surface area contributed by atoms with Crippen molar-refractivity contribution in [1.82, 2.24) is 0 Å². The van der Waals surface area contributed by atoms with E-state index in [-0.39, 0.29) is 0 Å². The Morgan fingerprint density at radius 3 is 3.00 bits per heavy atom. The summed E-state index contributed by atoms with van der Waals surface area (Å²) in [6, 6.07) is 0. The lowest BCUT2D eigenvalue weighted by Crippen LogP contribution is -2.13. The van der Waals surface area contributed by atoms with E-state index in [0.717, 1.165) is 11.3 Å². The smallest absolute Gasteiger partial charge is 0.189 e. The van der Waals surface area contributed by atoms with Crippen molar-refractivity contribution in [2.45, 2.75) is 6.92 Å². The summed E-state index contributed by atoms with van der Waals surface area (Å²) < 4.78 is 10.3. The van der Waals surface area contributed by atoms with Gasteiger partial charge in [-0.05, 0) is 13.0 Å². The van der Waals surface area contributed by atoms with Crippen LogP contribution in [-0.4, -0.2) is 13.4 Å². The predicted octanol–water partition coefficient (Wildman–Crippen LogP) is 2.01. The lowest BCUT2D eigenvalue weighted by molar-refractivity contribution is -0.0368. The largest absolute Gasteiger partial charge is 0.467 e. The second-order valence-corrected chi connectivity index (χ2v) is 2.19. The minimum Gasteiger partial charge on any atom is -0.467 e. The normalized spacial score (nSPS) is 25.2. The molecule has 1 saturated heterocycles. The Hall–Kier alpha value is -1.02. The van der Waals surface area contributed by atoms with Gasteiger partial charge in [0.15, 0.2) is 6.79 Å². The molecule has 0 amide bonds. The van der Waals surface area contributed by atoms with E-state index in [1.165, 1.54) is 0 Å². The van der Waals surface area contributed by atoms with Crippen molar-refractivity contribution in [2.24, 2.45) is 0 Å². The van der Waals surface area contributed by atoms with Gasteiger partial charge in [0.25, 0.3) is 0 Å². The molecular formula is C9H12O2. The second-order valence-electron chi connectivity index (χ2n) is 2.19. The summed E-state index contributed by atoms with van der Waals surface area (Å²) in [6.45, 7) is 6.54. The van der Waals surface area contributed by atoms with Crippen molar-refractivity contribution in [3.05, 3.63) is 36.1 Å². The topological polar surface area (TPSA) is 18.5 Å². The first-order chi connectivity index (χ1) is 5.38. The van der Waals surface area contributed by atoms with Gasteiger partial charge in [-0.15, -0.1) is 0 Å². The molecule has 0 aromatic heterocycles. The maximum atomic E-state index is 5.22. The summed E-state index contributed by atoms with van der Waals surface area (Å²) in [6.07, 6.45) is 5.54. The molecule has 0 radical (unpaired) electrons. The Kier molecular flexibility index (Phi) is 2.93. The zero-order chi connectivity index (χ0) is 8.10. The molecule has 1 fully saturated rings. The average Bonchev–Trinajstić information content (AvgIpc) is 2.06. The van der Waals surface area contributed by atoms with Gasteiger partial charge >= 0.3 is 0 Å². The molecule has 0 aliphatic carbocycles. The van der Waals surface area contributed by atoms with Crippen LogP contribution in [0, 0.1) is 0 Å². The molecule has 2 nitrogen and oxygen atoms in total. The van der Waals surface area contributed by atoms with E-state index in [4.69, 9.17) is 9.47 Å². The van der Waals surface area contributed by atoms with Crippen LogP contribution < -0.4 is 0 Å². The van der Waals surface area contributed by atoms with E-state index in [0.29, 0.717) is 13.4 Å². The van der Waals surface area contributed by atoms with Gasteiger partial charge in [-0.2, -0.15) is 0 Å². The van der Waals surface area contributed by atoms with Gasteiger partial charge in [-0.25, -0.2) is 0 Å². The molecule has 1 heterocycles. The molecule has 11 heavy (non-hydrogen) atoms. The van der Waals surface area contributed by atoms with Gasteiger partial charge in [0.1, 0.15) is 5.76 Å². The lowest BCUT2D eigenvalue weighted by Gasteiger charge is -2.19. The number of hydrogen-bond acceptors (Lipinski definition) is 2. The summed E-state index contributed by atoms with van der Waals surface area (Å²) in [5.74, 6) is 0.869. The van der Waals surface area contributed by atoms with Gasteiger partial charge in [0.2, 0.25) is 0 Å². The third-order valence-electron chi connectivity index (χ3n) is 1.49. The van der Waals surface area contributed by atoms with Crippen molar-refractivity contribution < 1.29 is 9.47 Å². The van der Waals surface area contributed by atoms with Crippen molar-refractivity contribution in [3.63, 3.8) is 0 Å². The fraction of sp³-hybridized carbons (Fsp3) is 0.333. The average molecular weight is 152 g/mol. The van der Waals surface area contributed by atoms with Crippen LogP contribution >= 0.6 is 0 Å². The predicted molar refractivity (Wildman–Crippen MR) is 43.9 cm³/mol. The highest BCUT2D eigenvalue weighted by molar-refractivity contribution is 5.29. The Labute approximate surface area is 66.8 Å². The van der Waals surface area contributed by atoms with E-state index >= 15 is 0 Å². The zero-order valence-electron chi connectivity index (χ0n) is 6.67. The third-order valence-corrected chi connectivity index (χ3v) is 1.49. The standard InChI is InChI=1S/C9H12O2/c1-3-5-9-8(4-2)6-10-7-11-9/h3-5H,1,6-7H2,2H3/b8-4-,9-5+. The molecule has 1 aliphatic rings. The van der Waals surface area contributed by atoms with Crippen LogP contribution in [-0.2, 0) is 9.47 Å². The SMILES string of the molecule is C=C/C=C1/OCOC/C1=C/C. The zero-order valence-corrected chi connectivity index (χ0v) is 6.67. The first-order valence-corrected chi connectivity index (χ1v) is 3.57. The number of allylic oxidation sites excluding steroid dienone is 3. The van der Waals surface area contributed by atoms with Gasteiger partial charge < -0.3 is 9.47 Å². The molecule has 0 aromatic rings. The van der Waals surface area contributed by atoms with E-state index in [1.807, 2.05) is 19.1 Å². The van der Waals surface area contributed by atoms with Crippen molar-refractivity contribution in [1.29, 1.82) is 0 Å². The third kappa shape index (κ3) is 1.95. The lowest BCUT2D eigenvalue weighted by atomic mass is 10.2. The minimum absolute atomic E-state index is 0.344. The highest BCUT2D eigenvalue weighted by Gasteiger charge is 2.10. The van der Waals surface area contributed by atoms with Gasteiger partial charge in [-0.3, -0.25) is 0 Å². The van der Waals surface area contributed by atoms with E-state index < -0.39 is 0 Å². The van der Waals surface area contributed by atoms with E-state index in [1.54, 1.807) is 6.08 Å². The van der Waals surface area contributed by atoms with Crippen molar-refractivity contribution in [2.75, 3.05) is 13.4 Å². The second kappa shape index (κ2) is 3.98. The highest BCUT2D eigenvalue weighted by Crippen LogP contribution is 2.16. The van der Waals surface area contributed by atoms with Gasteiger partial charge in [-0.1, -0.05) is 18.7 Å². The number of hydrogen-bond donors (Lipinski definition) is 0. The summed E-state index contributed by atoms with van der Waals surface area (Å²) in [5.41, 5.74) is 1.08. The molecule has 2 heteroatoms. The Balaban J connectivity index is 2.74. The van der Waals surface area contributed by atoms with Crippen LogP contribution in [0.15, 0.2) is 36.1 Å². The van der Waals surface area contributed by atoms with Gasteiger partial charge in [0, 0.05) is 5.57 Å². The summed E-state index contributed by atoms with van der Waals surface area (Å²) in [5, 5.41) is 0. The van der Waals surface area contributed by atoms with Gasteiger partial charge in [0.05, 0.1) is 6.61 Å². The summed E-state index contributed by atoms with van der Waals surface area (Å²) >= 11 is 0. The molecule has 60 valence electrons. The molecule has 0 N–H and O–H groups in total. The highest BCUT2D eigenvalue weighted by atomic mass is 16.7. The van der Waals surface area contributed by atoms with Crippen LogP contribution in [0.1, 0.15) is 6.92 Å². The molecular weight excluding hydrogens is 140 g/mol. The van der Waals surface area contributed by atoms with Crippen LogP contribution in [0.5, 0.6) is 0 Å². The first-order valence-electron chi connectivity index (χ1n) is 3.57. The minimum atomic E-state index is 0.344. The Morgan fingerprint density at radius 2 is 2.36 bits per heavy atom. The molecule has 0 saturated carbocycles. The van der Waals surface area contributed by atoms with Crippen molar-refractivity contribution in [3.8, 4) is 0 Å². The fourth-order valence-electron chi connectivity index (χ4n) is 0.908. The molecule has 0 unspecified atom stereocenters. The first kappa shape index (κ1) is 8.08. The molecule has 1 aliphatic heterocycles. The molecule has 0 atom stereocenters. The van der Waals surface area contributed by atoms with Crippen LogP contribution in [0.25, 0.3) is 0 Å². The molecule has 1 rings (SSSR count). The van der Waals surface area contributed by atoms with E-state index in [9.17, 15) is 0 Å². The maximum absolute atomic E-state index is 5.22. The fourth-order valence-corrected chi connectivity index (χ4v) is 0.908. The Morgan fingerprint density at radius 1 is 1.55 bits per heavy atom. The monoisotopic (exact) mass is 152 g/mol. The molecule has 0 spiro atoms. The molecule has 0 bridgehead atoms. The quantitative estimate of drug-likeness (QED) is 0.572. The Bertz CT molecular complexity index is 202. The van der Waals surface area contributed by atoms with E-state index in [2.05, 4.69) is 6.58 Å². The summed E-state index contributed by atoms with van der Waals surface area (Å²) in [7, 11) is 0. The van der Waals surface area contributed by atoms with Crippen LogP contribution in [0.3, 0.4) is 0 Å². The molecule has 0 aromatic carbocycles. The number of ether oxygens (including phenoxy) is 2. The summed E-state index contributed by atoms with van der Waals surface area (Å²) in [4.78, 5) is 0. The van der Waals surface area contributed by atoms with Crippen molar-refractivity contribution >= 4 is 0 Å². The maximum Gasteiger partial charge on any atom is 0.189 e. The van der Waals surface area contributed by atoms with Crippen LogP contribution in [0.4, 0.5) is 0 Å². The van der Waals surface area contributed by atoms with Crippen LogP contribution in [0.2, 0.25) is 0 Å².